The summed E-state index contributed by atoms with van der Waals surface area (Å²) in [6.45, 7) is -2.87. The van der Waals surface area contributed by atoms with Crippen molar-refractivity contribution in [2.45, 2.75) is 19.1 Å². The molecule has 2 N–H and O–H groups in total. The zero-order chi connectivity index (χ0) is 15.4. The molecule has 21 heavy (non-hydrogen) atoms. The van der Waals surface area contributed by atoms with Crippen LogP contribution < -0.4 is 10.5 Å². The summed E-state index contributed by atoms with van der Waals surface area (Å²) < 4.78 is 42.3. The molecular weight excluding hydrogens is 347 g/mol. The molecule has 2 aromatic rings. The minimum absolute atomic E-state index is 0.0678. The van der Waals surface area contributed by atoms with Crippen LogP contribution in [-0.4, -0.2) is 6.61 Å². The van der Waals surface area contributed by atoms with Crippen LogP contribution in [-0.2, 0) is 6.42 Å². The molecule has 0 aliphatic rings. The fourth-order valence-corrected chi connectivity index (χ4v) is 2.39. The molecule has 0 spiro atoms. The first kappa shape index (κ1) is 15.9. The first-order chi connectivity index (χ1) is 9.95. The van der Waals surface area contributed by atoms with Crippen LogP contribution >= 0.6 is 15.9 Å². The van der Waals surface area contributed by atoms with Gasteiger partial charge in [-0.05, 0) is 57.7 Å². The standard InChI is InChI=1S/C15H13BrF3NO/c16-12-6-9(4-5-13(12)17)7-14(20)10-2-1-3-11(8-10)21-15(18)19/h1-6,8,14-15H,7,20H2. The lowest BCUT2D eigenvalue weighted by atomic mass is 9.99. The molecular formula is C15H13BrF3NO. The predicted octanol–water partition coefficient (Wildman–Crippen LogP) is 4.43. The third-order valence-corrected chi connectivity index (χ3v) is 3.56. The highest BCUT2D eigenvalue weighted by Gasteiger charge is 2.11. The molecule has 112 valence electrons. The van der Waals surface area contributed by atoms with E-state index in [1.165, 1.54) is 18.2 Å². The quantitative estimate of drug-likeness (QED) is 0.856. The van der Waals surface area contributed by atoms with Crippen molar-refractivity contribution in [3.63, 3.8) is 0 Å². The van der Waals surface area contributed by atoms with E-state index in [0.29, 0.717) is 16.5 Å². The normalized spacial score (nSPS) is 12.5. The Balaban J connectivity index is 2.12. The summed E-state index contributed by atoms with van der Waals surface area (Å²) in [5, 5.41) is 0. The largest absolute Gasteiger partial charge is 0.435 e. The smallest absolute Gasteiger partial charge is 0.387 e. The lowest BCUT2D eigenvalue weighted by Crippen LogP contribution is -2.14. The Morgan fingerprint density at radius 1 is 1.14 bits per heavy atom. The highest BCUT2D eigenvalue weighted by atomic mass is 79.9. The number of hydrogen-bond acceptors (Lipinski definition) is 2. The average molecular weight is 360 g/mol. The Hall–Kier alpha value is -1.53. The van der Waals surface area contributed by atoms with Crippen LogP contribution in [0.1, 0.15) is 17.2 Å². The summed E-state index contributed by atoms with van der Waals surface area (Å²) >= 11 is 3.11. The zero-order valence-corrected chi connectivity index (χ0v) is 12.5. The fourth-order valence-electron chi connectivity index (χ4n) is 1.96. The van der Waals surface area contributed by atoms with Crippen molar-refractivity contribution >= 4 is 15.9 Å². The minimum Gasteiger partial charge on any atom is -0.435 e. The van der Waals surface area contributed by atoms with Gasteiger partial charge in [0.05, 0.1) is 4.47 Å². The average Bonchev–Trinajstić information content (AvgIpc) is 2.42. The van der Waals surface area contributed by atoms with Crippen molar-refractivity contribution in [1.29, 1.82) is 0 Å². The Kier molecular flexibility index (Phi) is 5.25. The van der Waals surface area contributed by atoms with Crippen LogP contribution in [0.4, 0.5) is 13.2 Å². The molecule has 0 saturated carbocycles. The summed E-state index contributed by atoms with van der Waals surface area (Å²) in [5.41, 5.74) is 7.58. The molecule has 0 fully saturated rings. The van der Waals surface area contributed by atoms with Crippen molar-refractivity contribution in [1.82, 2.24) is 0 Å². The number of hydrogen-bond donors (Lipinski definition) is 1. The first-order valence-electron chi connectivity index (χ1n) is 6.20. The summed E-state index contributed by atoms with van der Waals surface area (Å²) in [6.07, 6.45) is 0.455. The van der Waals surface area contributed by atoms with Crippen LogP contribution in [0.5, 0.6) is 5.75 Å². The van der Waals surface area contributed by atoms with Gasteiger partial charge in [-0.3, -0.25) is 0 Å². The number of alkyl halides is 2. The molecule has 6 heteroatoms. The maximum Gasteiger partial charge on any atom is 0.387 e. The Labute approximate surface area is 128 Å². The second-order valence-electron chi connectivity index (χ2n) is 4.51. The summed E-state index contributed by atoms with van der Waals surface area (Å²) in [6, 6.07) is 10.5. The molecule has 2 aromatic carbocycles. The van der Waals surface area contributed by atoms with Gasteiger partial charge in [0.2, 0.25) is 0 Å². The molecule has 0 saturated heterocycles. The van der Waals surface area contributed by atoms with E-state index in [2.05, 4.69) is 20.7 Å². The van der Waals surface area contributed by atoms with Gasteiger partial charge in [0.1, 0.15) is 11.6 Å². The second kappa shape index (κ2) is 6.95. The van der Waals surface area contributed by atoms with E-state index in [-0.39, 0.29) is 11.6 Å². The Morgan fingerprint density at radius 2 is 1.90 bits per heavy atom. The molecule has 0 amide bonds. The molecule has 0 aromatic heterocycles. The van der Waals surface area contributed by atoms with E-state index in [1.807, 2.05) is 0 Å². The number of nitrogens with two attached hydrogens (primary N) is 1. The van der Waals surface area contributed by atoms with Gasteiger partial charge >= 0.3 is 6.61 Å². The number of ether oxygens (including phenoxy) is 1. The van der Waals surface area contributed by atoms with E-state index in [0.717, 1.165) is 5.56 Å². The molecule has 0 aliphatic heterocycles. The minimum atomic E-state index is -2.87. The van der Waals surface area contributed by atoms with E-state index < -0.39 is 12.7 Å². The van der Waals surface area contributed by atoms with Gasteiger partial charge in [0, 0.05) is 6.04 Å². The summed E-state index contributed by atoms with van der Waals surface area (Å²) in [4.78, 5) is 0. The highest BCUT2D eigenvalue weighted by Crippen LogP contribution is 2.24. The maximum atomic E-state index is 13.2. The predicted molar refractivity (Wildman–Crippen MR) is 77.8 cm³/mol. The molecule has 0 aliphatic carbocycles. The topological polar surface area (TPSA) is 35.2 Å². The fraction of sp³-hybridized carbons (Fsp3) is 0.200. The first-order valence-corrected chi connectivity index (χ1v) is 6.99. The van der Waals surface area contributed by atoms with E-state index in [1.54, 1.807) is 24.3 Å². The summed E-state index contributed by atoms with van der Waals surface area (Å²) in [7, 11) is 0. The van der Waals surface area contributed by atoms with Crippen LogP contribution in [0.15, 0.2) is 46.9 Å². The maximum absolute atomic E-state index is 13.2. The van der Waals surface area contributed by atoms with Crippen molar-refractivity contribution in [2.24, 2.45) is 5.73 Å². The number of halogens is 4. The molecule has 2 rings (SSSR count). The number of rotatable bonds is 5. The lowest BCUT2D eigenvalue weighted by molar-refractivity contribution is -0.0499. The third-order valence-electron chi connectivity index (χ3n) is 2.95. The van der Waals surface area contributed by atoms with Gasteiger partial charge in [0.15, 0.2) is 0 Å². The van der Waals surface area contributed by atoms with Gasteiger partial charge in [-0.25, -0.2) is 4.39 Å². The molecule has 0 heterocycles. The monoisotopic (exact) mass is 359 g/mol. The molecule has 0 bridgehead atoms. The van der Waals surface area contributed by atoms with Gasteiger partial charge in [-0.2, -0.15) is 8.78 Å². The molecule has 1 atom stereocenters. The van der Waals surface area contributed by atoms with Gasteiger partial charge in [-0.15, -0.1) is 0 Å². The van der Waals surface area contributed by atoms with Crippen LogP contribution in [0, 0.1) is 5.82 Å². The van der Waals surface area contributed by atoms with E-state index in [9.17, 15) is 13.2 Å². The Morgan fingerprint density at radius 3 is 2.57 bits per heavy atom. The molecule has 1 unspecified atom stereocenters. The van der Waals surface area contributed by atoms with E-state index >= 15 is 0 Å². The second-order valence-corrected chi connectivity index (χ2v) is 5.36. The zero-order valence-electron chi connectivity index (χ0n) is 10.9. The molecule has 2 nitrogen and oxygen atoms in total. The lowest BCUT2D eigenvalue weighted by Gasteiger charge is -2.14. The van der Waals surface area contributed by atoms with Crippen LogP contribution in [0.2, 0.25) is 0 Å². The van der Waals surface area contributed by atoms with Crippen molar-refractivity contribution in [2.75, 3.05) is 0 Å². The van der Waals surface area contributed by atoms with E-state index in [4.69, 9.17) is 5.73 Å². The van der Waals surface area contributed by atoms with Crippen LogP contribution in [0.3, 0.4) is 0 Å². The highest BCUT2D eigenvalue weighted by molar-refractivity contribution is 9.10. The molecule has 0 radical (unpaired) electrons. The SMILES string of the molecule is NC(Cc1ccc(F)c(Br)c1)c1cccc(OC(F)F)c1. The van der Waals surface area contributed by atoms with Gasteiger partial charge in [0.25, 0.3) is 0 Å². The third kappa shape index (κ3) is 4.47. The van der Waals surface area contributed by atoms with Crippen LogP contribution in [0.25, 0.3) is 0 Å². The van der Waals surface area contributed by atoms with Crippen molar-refractivity contribution < 1.29 is 17.9 Å². The van der Waals surface area contributed by atoms with Gasteiger partial charge < -0.3 is 10.5 Å². The van der Waals surface area contributed by atoms with Crippen molar-refractivity contribution in [3.8, 4) is 5.75 Å². The van der Waals surface area contributed by atoms with Crippen molar-refractivity contribution in [3.05, 3.63) is 63.9 Å². The number of benzene rings is 2. The van der Waals surface area contributed by atoms with Gasteiger partial charge in [-0.1, -0.05) is 18.2 Å². The Bertz CT molecular complexity index is 622. The summed E-state index contributed by atoms with van der Waals surface area (Å²) in [5.74, 6) is -0.280.